The van der Waals surface area contributed by atoms with Gasteiger partial charge in [-0.25, -0.2) is 13.1 Å². The smallest absolute Gasteiger partial charge is 0.211 e. The summed E-state index contributed by atoms with van der Waals surface area (Å²) >= 11 is 0. The summed E-state index contributed by atoms with van der Waals surface area (Å²) in [6, 6.07) is 7.74. The molecule has 1 aromatic rings. The van der Waals surface area contributed by atoms with Crippen molar-refractivity contribution in [1.29, 1.82) is 0 Å². The molecule has 114 valence electrons. The summed E-state index contributed by atoms with van der Waals surface area (Å²) in [6.07, 6.45) is 0. The van der Waals surface area contributed by atoms with Crippen LogP contribution in [-0.2, 0) is 10.0 Å². The molecule has 0 aliphatic carbocycles. The molecule has 0 aliphatic rings. The van der Waals surface area contributed by atoms with Gasteiger partial charge >= 0.3 is 0 Å². The van der Waals surface area contributed by atoms with Gasteiger partial charge in [0.15, 0.2) is 0 Å². The number of hydrogen-bond donors (Lipinski definition) is 1. The van der Waals surface area contributed by atoms with Crippen molar-refractivity contribution in [3.05, 3.63) is 29.8 Å². The van der Waals surface area contributed by atoms with Crippen LogP contribution in [0.1, 0.15) is 25.5 Å². The molecular weight excluding hydrogens is 276 g/mol. The van der Waals surface area contributed by atoms with E-state index in [0.717, 1.165) is 11.3 Å². The minimum Gasteiger partial charge on any atom is -0.494 e. The van der Waals surface area contributed by atoms with E-state index in [0.29, 0.717) is 13.2 Å². The van der Waals surface area contributed by atoms with E-state index in [2.05, 4.69) is 4.72 Å². The third-order valence-corrected chi connectivity index (χ3v) is 4.44. The zero-order valence-electron chi connectivity index (χ0n) is 12.6. The average Bonchev–Trinajstić information content (AvgIpc) is 2.40. The largest absolute Gasteiger partial charge is 0.494 e. The van der Waals surface area contributed by atoms with Crippen LogP contribution >= 0.6 is 0 Å². The second-order valence-corrected chi connectivity index (χ2v) is 6.83. The fourth-order valence-electron chi connectivity index (χ4n) is 1.86. The molecule has 1 rings (SSSR count). The Kier molecular flexibility index (Phi) is 6.45. The van der Waals surface area contributed by atoms with Crippen molar-refractivity contribution in [2.75, 3.05) is 33.0 Å². The normalized spacial score (nSPS) is 13.4. The van der Waals surface area contributed by atoms with E-state index in [9.17, 15) is 8.42 Å². The van der Waals surface area contributed by atoms with Gasteiger partial charge in [-0.2, -0.15) is 0 Å². The van der Waals surface area contributed by atoms with E-state index >= 15 is 0 Å². The Morgan fingerprint density at radius 1 is 1.20 bits per heavy atom. The molecule has 0 heterocycles. The quantitative estimate of drug-likeness (QED) is 0.793. The van der Waals surface area contributed by atoms with Crippen LogP contribution < -0.4 is 9.46 Å². The summed E-state index contributed by atoms with van der Waals surface area (Å²) in [5, 5.41) is 0. The molecule has 0 aliphatic heterocycles. The molecule has 1 N–H and O–H groups in total. The molecule has 1 aromatic carbocycles. The second kappa shape index (κ2) is 7.61. The Bertz CT molecular complexity index is 498. The SMILES string of the molecule is CCOc1ccc(C(CNS(=O)(=O)CC)N(C)C)cc1. The van der Waals surface area contributed by atoms with Gasteiger partial charge in [-0.15, -0.1) is 0 Å². The van der Waals surface area contributed by atoms with Crippen molar-refractivity contribution in [2.45, 2.75) is 19.9 Å². The van der Waals surface area contributed by atoms with Crippen molar-refractivity contribution in [1.82, 2.24) is 9.62 Å². The highest BCUT2D eigenvalue weighted by molar-refractivity contribution is 7.89. The van der Waals surface area contributed by atoms with E-state index in [1.807, 2.05) is 50.2 Å². The van der Waals surface area contributed by atoms with Crippen molar-refractivity contribution in [3.63, 3.8) is 0 Å². The van der Waals surface area contributed by atoms with Crippen LogP contribution in [0.5, 0.6) is 5.75 Å². The first kappa shape index (κ1) is 16.9. The number of benzene rings is 1. The molecule has 0 saturated heterocycles. The lowest BCUT2D eigenvalue weighted by Gasteiger charge is -2.25. The zero-order chi connectivity index (χ0) is 15.2. The monoisotopic (exact) mass is 300 g/mol. The fourth-order valence-corrected chi connectivity index (χ4v) is 2.48. The van der Waals surface area contributed by atoms with E-state index in [4.69, 9.17) is 4.74 Å². The van der Waals surface area contributed by atoms with Crippen molar-refractivity contribution >= 4 is 10.0 Å². The predicted molar refractivity (Wildman–Crippen MR) is 81.5 cm³/mol. The first-order valence-corrected chi connectivity index (χ1v) is 8.41. The molecule has 5 nitrogen and oxygen atoms in total. The first-order valence-electron chi connectivity index (χ1n) is 6.76. The number of nitrogens with one attached hydrogen (secondary N) is 1. The third kappa shape index (κ3) is 5.11. The molecule has 0 spiro atoms. The predicted octanol–water partition coefficient (Wildman–Crippen LogP) is 1.63. The summed E-state index contributed by atoms with van der Waals surface area (Å²) in [4.78, 5) is 1.99. The lowest BCUT2D eigenvalue weighted by atomic mass is 10.1. The Labute approximate surface area is 122 Å². The maximum Gasteiger partial charge on any atom is 0.211 e. The molecule has 6 heteroatoms. The van der Waals surface area contributed by atoms with Gasteiger partial charge in [-0.05, 0) is 45.6 Å². The van der Waals surface area contributed by atoms with Gasteiger partial charge in [0.2, 0.25) is 10.0 Å². The van der Waals surface area contributed by atoms with Crippen LogP contribution in [-0.4, -0.2) is 46.3 Å². The Morgan fingerprint density at radius 2 is 1.80 bits per heavy atom. The summed E-state index contributed by atoms with van der Waals surface area (Å²) in [7, 11) is 0.690. The molecule has 0 aromatic heterocycles. The highest BCUT2D eigenvalue weighted by atomic mass is 32.2. The van der Waals surface area contributed by atoms with Gasteiger partial charge in [0.25, 0.3) is 0 Å². The van der Waals surface area contributed by atoms with Crippen LogP contribution in [0.15, 0.2) is 24.3 Å². The van der Waals surface area contributed by atoms with Crippen LogP contribution in [0.2, 0.25) is 0 Å². The number of ether oxygens (including phenoxy) is 1. The topological polar surface area (TPSA) is 58.6 Å². The summed E-state index contributed by atoms with van der Waals surface area (Å²) in [6.45, 7) is 4.56. The van der Waals surface area contributed by atoms with Crippen LogP contribution in [0.25, 0.3) is 0 Å². The van der Waals surface area contributed by atoms with Crippen LogP contribution in [0.3, 0.4) is 0 Å². The Balaban J connectivity index is 2.80. The van der Waals surface area contributed by atoms with Gasteiger partial charge in [0.1, 0.15) is 5.75 Å². The maximum absolute atomic E-state index is 11.5. The van der Waals surface area contributed by atoms with E-state index < -0.39 is 10.0 Å². The standard InChI is InChI=1S/C14H24N2O3S/c1-5-19-13-9-7-12(8-10-13)14(16(3)4)11-15-20(17,18)6-2/h7-10,14-15H,5-6,11H2,1-4H3. The maximum atomic E-state index is 11.5. The van der Waals surface area contributed by atoms with Crippen molar-refractivity contribution < 1.29 is 13.2 Å². The van der Waals surface area contributed by atoms with Gasteiger partial charge < -0.3 is 9.64 Å². The molecule has 0 fully saturated rings. The molecule has 0 saturated carbocycles. The van der Waals surface area contributed by atoms with Gasteiger partial charge in [0, 0.05) is 12.6 Å². The summed E-state index contributed by atoms with van der Waals surface area (Å²) < 4.78 is 31.1. The van der Waals surface area contributed by atoms with Gasteiger partial charge in [-0.3, -0.25) is 0 Å². The number of nitrogens with zero attached hydrogens (tertiary/aromatic N) is 1. The van der Waals surface area contributed by atoms with E-state index in [1.54, 1.807) is 6.92 Å². The summed E-state index contributed by atoms with van der Waals surface area (Å²) in [5.74, 6) is 0.916. The molecular formula is C14H24N2O3S. The van der Waals surface area contributed by atoms with Crippen LogP contribution in [0, 0.1) is 0 Å². The average molecular weight is 300 g/mol. The number of hydrogen-bond acceptors (Lipinski definition) is 4. The highest BCUT2D eigenvalue weighted by Crippen LogP contribution is 2.21. The molecule has 1 atom stereocenters. The minimum atomic E-state index is -3.17. The molecule has 1 unspecified atom stereocenters. The minimum absolute atomic E-state index is 0.00741. The second-order valence-electron chi connectivity index (χ2n) is 4.73. The van der Waals surface area contributed by atoms with Gasteiger partial charge in [0.05, 0.1) is 12.4 Å². The molecule has 0 radical (unpaired) electrons. The highest BCUT2D eigenvalue weighted by Gasteiger charge is 2.17. The molecule has 0 amide bonds. The lowest BCUT2D eigenvalue weighted by Crippen LogP contribution is -2.35. The Morgan fingerprint density at radius 3 is 2.25 bits per heavy atom. The first-order chi connectivity index (χ1) is 9.39. The van der Waals surface area contributed by atoms with Crippen molar-refractivity contribution in [2.24, 2.45) is 0 Å². The molecule has 20 heavy (non-hydrogen) atoms. The lowest BCUT2D eigenvalue weighted by molar-refractivity contribution is 0.298. The Hall–Kier alpha value is -1.11. The van der Waals surface area contributed by atoms with Crippen LogP contribution in [0.4, 0.5) is 0 Å². The number of likely N-dealkylation sites (N-methyl/N-ethyl adjacent to an activating group) is 1. The molecule has 0 bridgehead atoms. The van der Waals surface area contributed by atoms with Gasteiger partial charge in [-0.1, -0.05) is 12.1 Å². The van der Waals surface area contributed by atoms with E-state index in [1.165, 1.54) is 0 Å². The fraction of sp³-hybridized carbons (Fsp3) is 0.571. The van der Waals surface area contributed by atoms with E-state index in [-0.39, 0.29) is 11.8 Å². The zero-order valence-corrected chi connectivity index (χ0v) is 13.4. The van der Waals surface area contributed by atoms with Crippen molar-refractivity contribution in [3.8, 4) is 5.75 Å². The number of sulfonamides is 1. The number of rotatable bonds is 8. The summed E-state index contributed by atoms with van der Waals surface area (Å²) in [5.41, 5.74) is 1.05. The third-order valence-electron chi connectivity index (χ3n) is 3.08.